The Morgan fingerprint density at radius 1 is 1.44 bits per heavy atom. The standard InChI is InChI=1S/C20H23N5OS/c1-4-14(10-21-3)11-24-8-7-16-18(12-24)23-25(20(16)26)15-5-6-17-19(9-15)27-13(2)22-17/h4-6,9-10,23H,7-8,11-12H2,1-3H3/b14-4+,21-10?. The average molecular weight is 382 g/mol. The molecule has 27 heavy (non-hydrogen) atoms. The molecule has 1 aliphatic rings. The maximum Gasteiger partial charge on any atom is 0.274 e. The molecule has 0 aliphatic carbocycles. The van der Waals surface area contributed by atoms with Crippen LogP contribution >= 0.6 is 11.3 Å². The summed E-state index contributed by atoms with van der Waals surface area (Å²) >= 11 is 1.65. The molecule has 1 N–H and O–H groups in total. The Morgan fingerprint density at radius 3 is 3.07 bits per heavy atom. The van der Waals surface area contributed by atoms with Crippen LogP contribution in [0.25, 0.3) is 15.9 Å². The first-order chi connectivity index (χ1) is 13.1. The highest BCUT2D eigenvalue weighted by molar-refractivity contribution is 7.18. The van der Waals surface area contributed by atoms with E-state index in [1.54, 1.807) is 23.1 Å². The molecule has 3 heterocycles. The number of nitrogens with one attached hydrogen (secondary N) is 1. The lowest BCUT2D eigenvalue weighted by molar-refractivity contribution is 0.275. The highest BCUT2D eigenvalue weighted by Crippen LogP contribution is 2.24. The normalized spacial score (nSPS) is 15.7. The lowest BCUT2D eigenvalue weighted by Gasteiger charge is -2.26. The molecule has 0 amide bonds. The Labute approximate surface area is 161 Å². The van der Waals surface area contributed by atoms with Gasteiger partial charge in [0.15, 0.2) is 0 Å². The number of allylic oxidation sites excluding steroid dienone is 1. The van der Waals surface area contributed by atoms with Crippen LogP contribution in [0.4, 0.5) is 0 Å². The summed E-state index contributed by atoms with van der Waals surface area (Å²) in [5.41, 5.74) is 5.01. The summed E-state index contributed by atoms with van der Waals surface area (Å²) in [6.45, 7) is 6.49. The number of thiazole rings is 1. The van der Waals surface area contributed by atoms with Crippen LogP contribution in [0.3, 0.4) is 0 Å². The fraction of sp³-hybridized carbons (Fsp3) is 0.350. The minimum atomic E-state index is 0.0617. The number of aliphatic imine (C=N–C) groups is 1. The van der Waals surface area contributed by atoms with E-state index in [0.29, 0.717) is 0 Å². The van der Waals surface area contributed by atoms with Gasteiger partial charge >= 0.3 is 0 Å². The fourth-order valence-corrected chi connectivity index (χ4v) is 4.45. The second kappa shape index (κ2) is 7.25. The zero-order valence-corrected chi connectivity index (χ0v) is 16.6. The molecule has 2 aromatic heterocycles. The van der Waals surface area contributed by atoms with Crippen molar-refractivity contribution in [1.82, 2.24) is 19.7 Å². The number of hydrogen-bond donors (Lipinski definition) is 1. The average Bonchev–Trinajstić information content (AvgIpc) is 3.19. The number of nitrogens with zero attached hydrogens (tertiary/aromatic N) is 4. The SMILES string of the molecule is C/C=C(\C=NC)CN1CCc2c([nH]n(-c3ccc4nc(C)sc4c3)c2=O)C1. The first kappa shape index (κ1) is 17.9. The van der Waals surface area contributed by atoms with E-state index in [1.807, 2.05) is 38.3 Å². The first-order valence-corrected chi connectivity index (χ1v) is 9.90. The topological polar surface area (TPSA) is 66.3 Å². The van der Waals surface area contributed by atoms with E-state index in [9.17, 15) is 4.79 Å². The summed E-state index contributed by atoms with van der Waals surface area (Å²) in [4.78, 5) is 23.9. The molecule has 0 saturated carbocycles. The fourth-order valence-electron chi connectivity index (χ4n) is 3.59. The van der Waals surface area contributed by atoms with E-state index in [-0.39, 0.29) is 5.56 Å². The second-order valence-corrected chi connectivity index (χ2v) is 8.04. The van der Waals surface area contributed by atoms with Crippen LogP contribution in [-0.2, 0) is 13.0 Å². The molecular weight excluding hydrogens is 358 g/mol. The molecule has 0 fully saturated rings. The van der Waals surface area contributed by atoms with Crippen molar-refractivity contribution < 1.29 is 0 Å². The highest BCUT2D eigenvalue weighted by atomic mass is 32.1. The highest BCUT2D eigenvalue weighted by Gasteiger charge is 2.23. The number of fused-ring (bicyclic) bond motifs is 2. The lowest BCUT2D eigenvalue weighted by Crippen LogP contribution is -2.33. The minimum absolute atomic E-state index is 0.0617. The second-order valence-electron chi connectivity index (χ2n) is 6.81. The first-order valence-electron chi connectivity index (χ1n) is 9.09. The van der Waals surface area contributed by atoms with Crippen LogP contribution in [0.5, 0.6) is 0 Å². The maximum absolute atomic E-state index is 12.9. The van der Waals surface area contributed by atoms with E-state index in [1.165, 1.54) is 5.57 Å². The van der Waals surface area contributed by atoms with Gasteiger partial charge in [-0.2, -0.15) is 0 Å². The summed E-state index contributed by atoms with van der Waals surface area (Å²) < 4.78 is 2.77. The van der Waals surface area contributed by atoms with Gasteiger partial charge in [0, 0.05) is 38.5 Å². The molecule has 7 heteroatoms. The van der Waals surface area contributed by atoms with Gasteiger partial charge in [-0.15, -0.1) is 11.3 Å². The summed E-state index contributed by atoms with van der Waals surface area (Å²) in [5.74, 6) is 0. The number of hydrogen-bond acceptors (Lipinski definition) is 5. The summed E-state index contributed by atoms with van der Waals surface area (Å²) in [6.07, 6.45) is 4.75. The minimum Gasteiger partial charge on any atom is -0.296 e. The smallest absolute Gasteiger partial charge is 0.274 e. The van der Waals surface area contributed by atoms with Crippen LogP contribution in [0.1, 0.15) is 23.2 Å². The molecule has 4 rings (SSSR count). The van der Waals surface area contributed by atoms with Crippen LogP contribution in [0, 0.1) is 6.92 Å². The number of aryl methyl sites for hydroxylation is 1. The number of benzene rings is 1. The number of rotatable bonds is 4. The van der Waals surface area contributed by atoms with Crippen molar-refractivity contribution >= 4 is 27.8 Å². The van der Waals surface area contributed by atoms with Crippen molar-refractivity contribution in [3.8, 4) is 5.69 Å². The van der Waals surface area contributed by atoms with Crippen molar-refractivity contribution in [1.29, 1.82) is 0 Å². The number of aromatic amines is 1. The Kier molecular flexibility index (Phi) is 4.80. The molecule has 6 nitrogen and oxygen atoms in total. The molecule has 140 valence electrons. The van der Waals surface area contributed by atoms with E-state index in [2.05, 4.69) is 26.1 Å². The van der Waals surface area contributed by atoms with Gasteiger partial charge in [0.05, 0.1) is 26.6 Å². The van der Waals surface area contributed by atoms with Crippen molar-refractivity contribution in [2.45, 2.75) is 26.8 Å². The van der Waals surface area contributed by atoms with Gasteiger partial charge < -0.3 is 0 Å². The van der Waals surface area contributed by atoms with Crippen LogP contribution in [0.2, 0.25) is 0 Å². The molecule has 0 bridgehead atoms. The van der Waals surface area contributed by atoms with E-state index in [4.69, 9.17) is 0 Å². The summed E-state index contributed by atoms with van der Waals surface area (Å²) in [6, 6.07) is 5.98. The Balaban J connectivity index is 1.63. The predicted molar refractivity (Wildman–Crippen MR) is 111 cm³/mol. The lowest BCUT2D eigenvalue weighted by atomic mass is 10.1. The van der Waals surface area contributed by atoms with Crippen molar-refractivity contribution in [2.75, 3.05) is 20.1 Å². The summed E-state index contributed by atoms with van der Waals surface area (Å²) in [7, 11) is 1.79. The zero-order valence-electron chi connectivity index (χ0n) is 15.8. The van der Waals surface area contributed by atoms with E-state index >= 15 is 0 Å². The molecular formula is C20H23N5OS. The third kappa shape index (κ3) is 3.40. The van der Waals surface area contributed by atoms with Gasteiger partial charge in [-0.25, -0.2) is 9.67 Å². The summed E-state index contributed by atoms with van der Waals surface area (Å²) in [5, 5.41) is 4.37. The van der Waals surface area contributed by atoms with Gasteiger partial charge in [0.25, 0.3) is 5.56 Å². The van der Waals surface area contributed by atoms with E-state index < -0.39 is 0 Å². The number of aromatic nitrogens is 3. The van der Waals surface area contributed by atoms with Gasteiger partial charge in [-0.3, -0.25) is 19.8 Å². The molecule has 0 spiro atoms. The van der Waals surface area contributed by atoms with Gasteiger partial charge in [0.1, 0.15) is 0 Å². The molecule has 1 aromatic carbocycles. The maximum atomic E-state index is 12.9. The van der Waals surface area contributed by atoms with Crippen molar-refractivity contribution in [3.63, 3.8) is 0 Å². The number of H-pyrrole nitrogens is 1. The van der Waals surface area contributed by atoms with Crippen molar-refractivity contribution in [3.05, 3.63) is 56.5 Å². The van der Waals surface area contributed by atoms with Crippen molar-refractivity contribution in [2.24, 2.45) is 4.99 Å². The molecule has 0 unspecified atom stereocenters. The Bertz CT molecular complexity index is 1100. The molecule has 3 aromatic rings. The predicted octanol–water partition coefficient (Wildman–Crippen LogP) is 3.09. The van der Waals surface area contributed by atoms with Gasteiger partial charge in [0.2, 0.25) is 0 Å². The third-order valence-electron chi connectivity index (χ3n) is 4.94. The van der Waals surface area contributed by atoms with Gasteiger partial charge in [-0.05, 0) is 44.0 Å². The largest absolute Gasteiger partial charge is 0.296 e. The Morgan fingerprint density at radius 2 is 2.30 bits per heavy atom. The molecule has 0 radical (unpaired) electrons. The quantitative estimate of drug-likeness (QED) is 0.706. The van der Waals surface area contributed by atoms with E-state index in [0.717, 1.165) is 58.2 Å². The van der Waals surface area contributed by atoms with Crippen LogP contribution in [-0.4, -0.2) is 46.0 Å². The molecule has 0 atom stereocenters. The van der Waals surface area contributed by atoms with Gasteiger partial charge in [-0.1, -0.05) is 6.08 Å². The monoisotopic (exact) mass is 381 g/mol. The van der Waals surface area contributed by atoms with Crippen LogP contribution in [0.15, 0.2) is 39.6 Å². The molecule has 1 aliphatic heterocycles. The third-order valence-corrected chi connectivity index (χ3v) is 5.87. The Hall–Kier alpha value is -2.51. The van der Waals surface area contributed by atoms with Crippen LogP contribution < -0.4 is 5.56 Å². The zero-order chi connectivity index (χ0) is 19.0. The molecule has 0 saturated heterocycles.